The van der Waals surface area contributed by atoms with E-state index in [1.165, 1.54) is 6.07 Å². The molecular formula is C26H30ClFN6O. The van der Waals surface area contributed by atoms with Crippen LogP contribution in [0.3, 0.4) is 0 Å². The van der Waals surface area contributed by atoms with Gasteiger partial charge in [0, 0.05) is 43.5 Å². The highest BCUT2D eigenvalue weighted by Crippen LogP contribution is 2.40. The Kier molecular flexibility index (Phi) is 6.67. The van der Waals surface area contributed by atoms with Crippen molar-refractivity contribution in [3.05, 3.63) is 52.9 Å². The molecule has 1 fully saturated rings. The van der Waals surface area contributed by atoms with Gasteiger partial charge in [-0.3, -0.25) is 0 Å². The SMILES string of the molecule is Cc1cc(-c2nc(Nc3ccc(N4CCNCC4)c(F)c3)ncc2Cl)cc2c1OCCN2C(C)C. The van der Waals surface area contributed by atoms with E-state index in [0.717, 1.165) is 55.3 Å². The molecule has 0 atom stereocenters. The highest BCUT2D eigenvalue weighted by Gasteiger charge is 2.24. The number of benzene rings is 2. The molecule has 0 radical (unpaired) electrons. The van der Waals surface area contributed by atoms with Crippen LogP contribution in [0.1, 0.15) is 19.4 Å². The molecule has 0 aliphatic carbocycles. The molecule has 0 spiro atoms. The first-order chi connectivity index (χ1) is 16.9. The number of anilines is 4. The van der Waals surface area contributed by atoms with E-state index in [4.69, 9.17) is 16.3 Å². The van der Waals surface area contributed by atoms with Gasteiger partial charge < -0.3 is 25.2 Å². The van der Waals surface area contributed by atoms with Crippen molar-refractivity contribution in [1.29, 1.82) is 0 Å². The molecule has 0 bridgehead atoms. The van der Waals surface area contributed by atoms with Crippen molar-refractivity contribution in [3.8, 4) is 17.0 Å². The minimum Gasteiger partial charge on any atom is -0.489 e. The molecule has 3 heterocycles. The largest absolute Gasteiger partial charge is 0.489 e. The Labute approximate surface area is 210 Å². The van der Waals surface area contributed by atoms with Gasteiger partial charge in [0.15, 0.2) is 0 Å². The van der Waals surface area contributed by atoms with Crippen molar-refractivity contribution in [3.63, 3.8) is 0 Å². The number of halogens is 2. The molecule has 0 unspecified atom stereocenters. The molecular weight excluding hydrogens is 467 g/mol. The Hall–Kier alpha value is -3.10. The third-order valence-corrected chi connectivity index (χ3v) is 6.72. The first kappa shape index (κ1) is 23.6. The first-order valence-electron chi connectivity index (χ1n) is 12.0. The summed E-state index contributed by atoms with van der Waals surface area (Å²) in [5.41, 5.74) is 4.75. The number of rotatable bonds is 5. The van der Waals surface area contributed by atoms with Crippen LogP contribution in [0.15, 0.2) is 36.5 Å². The molecule has 2 aliphatic heterocycles. The van der Waals surface area contributed by atoms with Gasteiger partial charge in [0.2, 0.25) is 5.95 Å². The van der Waals surface area contributed by atoms with Crippen LogP contribution in [0.5, 0.6) is 5.75 Å². The lowest BCUT2D eigenvalue weighted by molar-refractivity contribution is 0.301. The molecule has 0 saturated carbocycles. The summed E-state index contributed by atoms with van der Waals surface area (Å²) in [6, 6.07) is 9.57. The molecule has 0 amide bonds. The summed E-state index contributed by atoms with van der Waals surface area (Å²) in [6.07, 6.45) is 1.57. The van der Waals surface area contributed by atoms with E-state index in [2.05, 4.69) is 50.3 Å². The number of piperazine rings is 1. The standard InChI is InChI=1S/C26H30ClFN6O/c1-16(2)34-10-11-35-25-17(3)12-18(13-23(25)34)24-20(27)15-30-26(32-24)31-19-4-5-22(21(28)14-19)33-8-6-29-7-9-33/h4-5,12-16,29H,6-11H2,1-3H3,(H,30,31,32). The fraction of sp³-hybridized carbons (Fsp3) is 0.385. The normalized spacial score (nSPS) is 15.7. The molecule has 2 aliphatic rings. The number of hydrogen-bond acceptors (Lipinski definition) is 7. The van der Waals surface area contributed by atoms with Gasteiger partial charge in [0.1, 0.15) is 18.2 Å². The van der Waals surface area contributed by atoms with Gasteiger partial charge in [-0.2, -0.15) is 0 Å². The third kappa shape index (κ3) is 4.86. The van der Waals surface area contributed by atoms with Crippen molar-refractivity contribution in [2.45, 2.75) is 26.8 Å². The van der Waals surface area contributed by atoms with Crippen LogP contribution in [0.4, 0.5) is 27.4 Å². The third-order valence-electron chi connectivity index (χ3n) is 6.45. The second kappa shape index (κ2) is 9.87. The molecule has 184 valence electrons. The fourth-order valence-electron chi connectivity index (χ4n) is 4.70. The maximum absolute atomic E-state index is 14.9. The number of nitrogens with one attached hydrogen (secondary N) is 2. The second-order valence-corrected chi connectivity index (χ2v) is 9.60. The average molecular weight is 497 g/mol. The maximum Gasteiger partial charge on any atom is 0.227 e. The molecule has 2 N–H and O–H groups in total. The number of ether oxygens (including phenoxy) is 1. The highest BCUT2D eigenvalue weighted by molar-refractivity contribution is 6.33. The van der Waals surface area contributed by atoms with E-state index in [1.807, 2.05) is 19.1 Å². The van der Waals surface area contributed by atoms with E-state index in [1.54, 1.807) is 12.3 Å². The van der Waals surface area contributed by atoms with Crippen molar-refractivity contribution in [2.75, 3.05) is 54.4 Å². The minimum absolute atomic E-state index is 0.273. The summed E-state index contributed by atoms with van der Waals surface area (Å²) >= 11 is 6.53. The zero-order chi connectivity index (χ0) is 24.5. The van der Waals surface area contributed by atoms with Crippen LogP contribution >= 0.6 is 11.6 Å². The summed E-state index contributed by atoms with van der Waals surface area (Å²) in [5.74, 6) is 0.980. The molecule has 2 aromatic carbocycles. The number of aryl methyl sites for hydroxylation is 1. The monoisotopic (exact) mass is 496 g/mol. The lowest BCUT2D eigenvalue weighted by Crippen LogP contribution is -2.43. The number of aromatic nitrogens is 2. The van der Waals surface area contributed by atoms with Crippen LogP contribution in [-0.4, -0.2) is 55.3 Å². The van der Waals surface area contributed by atoms with Gasteiger partial charge in [-0.1, -0.05) is 11.6 Å². The van der Waals surface area contributed by atoms with E-state index in [-0.39, 0.29) is 5.82 Å². The van der Waals surface area contributed by atoms with Gasteiger partial charge >= 0.3 is 0 Å². The summed E-state index contributed by atoms with van der Waals surface area (Å²) in [6.45, 7) is 11.1. The zero-order valence-corrected chi connectivity index (χ0v) is 21.0. The smallest absolute Gasteiger partial charge is 0.227 e. The molecule has 5 rings (SSSR count). The van der Waals surface area contributed by atoms with Crippen LogP contribution in [-0.2, 0) is 0 Å². The average Bonchev–Trinajstić information content (AvgIpc) is 2.85. The fourth-order valence-corrected chi connectivity index (χ4v) is 4.90. The Balaban J connectivity index is 1.43. The van der Waals surface area contributed by atoms with Crippen molar-refractivity contribution >= 4 is 34.6 Å². The zero-order valence-electron chi connectivity index (χ0n) is 20.2. The Morgan fingerprint density at radius 1 is 1.11 bits per heavy atom. The van der Waals surface area contributed by atoms with E-state index < -0.39 is 0 Å². The van der Waals surface area contributed by atoms with Gasteiger partial charge in [-0.05, 0) is 56.7 Å². The highest BCUT2D eigenvalue weighted by atomic mass is 35.5. The lowest BCUT2D eigenvalue weighted by Gasteiger charge is -2.35. The topological polar surface area (TPSA) is 65.5 Å². The number of hydrogen-bond donors (Lipinski definition) is 2. The molecule has 35 heavy (non-hydrogen) atoms. The Morgan fingerprint density at radius 2 is 1.91 bits per heavy atom. The van der Waals surface area contributed by atoms with E-state index in [9.17, 15) is 4.39 Å². The molecule has 7 nitrogen and oxygen atoms in total. The summed E-state index contributed by atoms with van der Waals surface area (Å²) in [4.78, 5) is 13.4. The van der Waals surface area contributed by atoms with Crippen molar-refractivity contribution in [2.24, 2.45) is 0 Å². The molecule has 9 heteroatoms. The van der Waals surface area contributed by atoms with Gasteiger partial charge in [-0.25, -0.2) is 14.4 Å². The second-order valence-electron chi connectivity index (χ2n) is 9.20. The predicted octanol–water partition coefficient (Wildman–Crippen LogP) is 5.00. The van der Waals surface area contributed by atoms with Gasteiger partial charge in [-0.15, -0.1) is 0 Å². The Bertz CT molecular complexity index is 1230. The van der Waals surface area contributed by atoms with Gasteiger partial charge in [0.05, 0.1) is 34.8 Å². The molecule has 1 saturated heterocycles. The quantitative estimate of drug-likeness (QED) is 0.515. The molecule has 1 aromatic heterocycles. The summed E-state index contributed by atoms with van der Waals surface area (Å²) in [5, 5.41) is 6.86. The van der Waals surface area contributed by atoms with Crippen LogP contribution < -0.4 is 25.2 Å². The first-order valence-corrected chi connectivity index (χ1v) is 12.4. The van der Waals surface area contributed by atoms with Crippen molar-refractivity contribution in [1.82, 2.24) is 15.3 Å². The summed E-state index contributed by atoms with van der Waals surface area (Å²) in [7, 11) is 0. The lowest BCUT2D eigenvalue weighted by atomic mass is 10.0. The van der Waals surface area contributed by atoms with Crippen molar-refractivity contribution < 1.29 is 9.13 Å². The minimum atomic E-state index is -0.273. The van der Waals surface area contributed by atoms with Crippen LogP contribution in [0.2, 0.25) is 5.02 Å². The van der Waals surface area contributed by atoms with E-state index >= 15 is 0 Å². The number of nitrogens with zero attached hydrogens (tertiary/aromatic N) is 4. The van der Waals surface area contributed by atoms with Crippen LogP contribution in [0, 0.1) is 12.7 Å². The molecule has 3 aromatic rings. The number of fused-ring (bicyclic) bond motifs is 1. The van der Waals surface area contributed by atoms with Crippen LogP contribution in [0.25, 0.3) is 11.3 Å². The van der Waals surface area contributed by atoms with E-state index in [0.29, 0.717) is 40.7 Å². The summed E-state index contributed by atoms with van der Waals surface area (Å²) < 4.78 is 20.8. The maximum atomic E-state index is 14.9. The Morgan fingerprint density at radius 3 is 2.66 bits per heavy atom. The van der Waals surface area contributed by atoms with Gasteiger partial charge in [0.25, 0.3) is 0 Å². The predicted molar refractivity (Wildman–Crippen MR) is 140 cm³/mol.